The number of anilines is 3. The minimum Gasteiger partial charge on any atom is -0.341 e. The first-order valence-electron chi connectivity index (χ1n) is 12.4. The molecular formula is C28H25FN8O2. The quantitative estimate of drug-likeness (QED) is 0.265. The Morgan fingerprint density at radius 1 is 1.08 bits per heavy atom. The second kappa shape index (κ2) is 10.1. The number of rotatable bonds is 5. The second-order valence-corrected chi connectivity index (χ2v) is 9.31. The molecule has 0 spiro atoms. The Labute approximate surface area is 223 Å². The third-order valence-electron chi connectivity index (χ3n) is 6.60. The lowest BCUT2D eigenvalue weighted by molar-refractivity contribution is -0.0830. The Kier molecular flexibility index (Phi) is 6.33. The zero-order valence-corrected chi connectivity index (χ0v) is 21.3. The monoisotopic (exact) mass is 524 g/mol. The zero-order valence-electron chi connectivity index (χ0n) is 21.3. The van der Waals surface area contributed by atoms with E-state index in [1.54, 1.807) is 25.5 Å². The van der Waals surface area contributed by atoms with Crippen molar-refractivity contribution in [3.05, 3.63) is 89.9 Å². The zero-order chi connectivity index (χ0) is 26.9. The highest BCUT2D eigenvalue weighted by Gasteiger charge is 2.32. The van der Waals surface area contributed by atoms with Crippen LogP contribution in [-0.2, 0) is 4.84 Å². The van der Waals surface area contributed by atoms with Crippen LogP contribution < -0.4 is 10.6 Å². The van der Waals surface area contributed by atoms with E-state index in [0.717, 1.165) is 16.7 Å². The first-order valence-corrected chi connectivity index (χ1v) is 12.4. The average molecular weight is 525 g/mol. The van der Waals surface area contributed by atoms with Crippen LogP contribution in [0.15, 0.2) is 67.4 Å². The van der Waals surface area contributed by atoms with Gasteiger partial charge in [0.1, 0.15) is 29.2 Å². The molecule has 5 aromatic rings. The number of aromatic amines is 1. The Morgan fingerprint density at radius 3 is 2.77 bits per heavy atom. The molecule has 39 heavy (non-hydrogen) atoms. The van der Waals surface area contributed by atoms with Gasteiger partial charge >= 0.3 is 6.03 Å². The molecule has 10 nitrogen and oxygen atoms in total. The molecule has 2 amide bonds. The molecule has 1 aliphatic rings. The number of hydrogen-bond acceptors (Lipinski definition) is 7. The summed E-state index contributed by atoms with van der Waals surface area (Å²) in [6, 6.07) is 13.7. The fourth-order valence-corrected chi connectivity index (χ4v) is 4.67. The Bertz CT molecular complexity index is 1670. The summed E-state index contributed by atoms with van der Waals surface area (Å²) >= 11 is 0. The van der Waals surface area contributed by atoms with Crippen molar-refractivity contribution in [2.75, 3.05) is 17.2 Å². The van der Waals surface area contributed by atoms with Crippen molar-refractivity contribution in [3.63, 3.8) is 0 Å². The number of H-pyrrole nitrogens is 1. The van der Waals surface area contributed by atoms with E-state index in [1.807, 2.05) is 43.3 Å². The van der Waals surface area contributed by atoms with Crippen LogP contribution >= 0.6 is 0 Å². The highest BCUT2D eigenvalue weighted by Crippen LogP contribution is 2.35. The fourth-order valence-electron chi connectivity index (χ4n) is 4.67. The van der Waals surface area contributed by atoms with Gasteiger partial charge in [0.15, 0.2) is 5.65 Å². The van der Waals surface area contributed by atoms with Gasteiger partial charge in [-0.3, -0.25) is 4.84 Å². The van der Waals surface area contributed by atoms with Gasteiger partial charge in [-0.1, -0.05) is 30.3 Å². The lowest BCUT2D eigenvalue weighted by atomic mass is 10.1. The van der Waals surface area contributed by atoms with E-state index in [0.29, 0.717) is 47.0 Å². The molecule has 2 aromatic carbocycles. The number of nitrogens with zero attached hydrogens (tertiary/aromatic N) is 5. The predicted molar refractivity (Wildman–Crippen MR) is 145 cm³/mol. The number of nitrogens with one attached hydrogen (secondary N) is 3. The third-order valence-corrected chi connectivity index (χ3v) is 6.60. The van der Waals surface area contributed by atoms with Crippen molar-refractivity contribution >= 4 is 34.4 Å². The van der Waals surface area contributed by atoms with Crippen LogP contribution in [0.2, 0.25) is 0 Å². The van der Waals surface area contributed by atoms with E-state index < -0.39 is 11.8 Å². The number of imidazole rings is 1. The fraction of sp³-hybridized carbons (Fsp3) is 0.179. The third kappa shape index (κ3) is 4.75. The smallest absolute Gasteiger partial charge is 0.341 e. The Balaban J connectivity index is 1.30. The normalized spacial score (nSPS) is 15.1. The van der Waals surface area contributed by atoms with Crippen LogP contribution in [0.1, 0.15) is 29.2 Å². The Morgan fingerprint density at radius 2 is 1.92 bits per heavy atom. The number of benzene rings is 2. The van der Waals surface area contributed by atoms with Crippen molar-refractivity contribution in [1.29, 1.82) is 0 Å². The SMILES string of the molecule is Cc1cnc(Nc2cc(NC(=O)N3OCC[C@@H]3c3ccccc3)c(F)cc2C)c(-c2ncnc3nc[nH]c23)c1. The van der Waals surface area contributed by atoms with Crippen molar-refractivity contribution in [3.8, 4) is 11.3 Å². The highest BCUT2D eigenvalue weighted by atomic mass is 19.1. The summed E-state index contributed by atoms with van der Waals surface area (Å²) in [7, 11) is 0. The van der Waals surface area contributed by atoms with Crippen molar-refractivity contribution in [2.45, 2.75) is 26.3 Å². The number of carbonyl (C=O) groups excluding carboxylic acids is 1. The maximum atomic E-state index is 15.0. The van der Waals surface area contributed by atoms with Crippen LogP contribution in [0.3, 0.4) is 0 Å². The van der Waals surface area contributed by atoms with E-state index in [9.17, 15) is 4.79 Å². The average Bonchev–Trinajstić information content (AvgIpc) is 3.63. The number of halogens is 1. The summed E-state index contributed by atoms with van der Waals surface area (Å²) in [6.07, 6.45) is 5.39. The van der Waals surface area contributed by atoms with Gasteiger partial charge in [-0.25, -0.2) is 29.1 Å². The number of aromatic nitrogens is 5. The first-order chi connectivity index (χ1) is 19.0. The molecule has 1 atom stereocenters. The van der Waals surface area contributed by atoms with E-state index >= 15 is 4.39 Å². The number of pyridine rings is 1. The van der Waals surface area contributed by atoms with Gasteiger partial charge in [0, 0.05) is 23.9 Å². The van der Waals surface area contributed by atoms with Crippen molar-refractivity contribution in [2.24, 2.45) is 0 Å². The van der Waals surface area contributed by atoms with Gasteiger partial charge in [0.25, 0.3) is 0 Å². The molecule has 196 valence electrons. The van der Waals surface area contributed by atoms with Crippen LogP contribution in [0.4, 0.5) is 26.4 Å². The number of fused-ring (bicyclic) bond motifs is 1. The second-order valence-electron chi connectivity index (χ2n) is 9.31. The van der Waals surface area contributed by atoms with Crippen molar-refractivity contribution in [1.82, 2.24) is 30.0 Å². The highest BCUT2D eigenvalue weighted by molar-refractivity contribution is 5.93. The maximum Gasteiger partial charge on any atom is 0.346 e. The lowest BCUT2D eigenvalue weighted by Gasteiger charge is -2.23. The molecule has 6 rings (SSSR count). The molecule has 0 bridgehead atoms. The Hall–Kier alpha value is -4.90. The number of hydroxylamine groups is 2. The van der Waals surface area contributed by atoms with E-state index in [-0.39, 0.29) is 11.7 Å². The van der Waals surface area contributed by atoms with Crippen LogP contribution in [0.25, 0.3) is 22.4 Å². The number of carbonyl (C=O) groups is 1. The number of hydrogen-bond donors (Lipinski definition) is 3. The minimum atomic E-state index is -0.561. The van der Waals surface area contributed by atoms with Gasteiger partial charge in [0.2, 0.25) is 0 Å². The predicted octanol–water partition coefficient (Wildman–Crippen LogP) is 5.82. The molecule has 0 aliphatic carbocycles. The summed E-state index contributed by atoms with van der Waals surface area (Å²) in [4.78, 5) is 39.3. The van der Waals surface area contributed by atoms with Gasteiger partial charge in [-0.2, -0.15) is 5.06 Å². The van der Waals surface area contributed by atoms with Gasteiger partial charge in [-0.05, 0) is 48.7 Å². The number of aryl methyl sites for hydroxylation is 2. The number of urea groups is 1. The summed E-state index contributed by atoms with van der Waals surface area (Å²) in [5.41, 5.74) is 5.66. The summed E-state index contributed by atoms with van der Waals surface area (Å²) in [6.45, 7) is 4.11. The van der Waals surface area contributed by atoms with Gasteiger partial charge < -0.3 is 15.6 Å². The van der Waals surface area contributed by atoms with Crippen LogP contribution in [0.5, 0.6) is 0 Å². The summed E-state index contributed by atoms with van der Waals surface area (Å²) in [5, 5.41) is 7.24. The molecule has 1 fully saturated rings. The van der Waals surface area contributed by atoms with E-state index in [2.05, 4.69) is 35.6 Å². The van der Waals surface area contributed by atoms with E-state index in [1.165, 1.54) is 17.5 Å². The molecule has 0 radical (unpaired) electrons. The standard InChI is InChI=1S/C28H25FN8O2/c1-16-10-19(24-25-27(33-14-31-24)34-15-32-25)26(30-13-16)35-21-12-22(20(29)11-17(21)2)36-28(38)37-23(8-9-39-37)18-6-4-3-5-7-18/h3-7,10-15,23H,8-9H2,1-2H3,(H,30,35)(H,36,38)(H,31,32,33,34)/t23-/m1/s1. The lowest BCUT2D eigenvalue weighted by Crippen LogP contribution is -2.33. The number of amides is 2. The van der Waals surface area contributed by atoms with Crippen LogP contribution in [-0.4, -0.2) is 42.6 Å². The molecule has 4 heterocycles. The van der Waals surface area contributed by atoms with E-state index in [4.69, 9.17) is 4.84 Å². The van der Waals surface area contributed by atoms with Gasteiger partial charge in [0.05, 0.1) is 24.7 Å². The van der Waals surface area contributed by atoms with Gasteiger partial charge in [-0.15, -0.1) is 0 Å². The topological polar surface area (TPSA) is 121 Å². The molecule has 3 N–H and O–H groups in total. The summed E-state index contributed by atoms with van der Waals surface area (Å²) in [5.74, 6) is -0.0527. The largest absolute Gasteiger partial charge is 0.346 e. The summed E-state index contributed by atoms with van der Waals surface area (Å²) < 4.78 is 15.0. The molecule has 1 saturated heterocycles. The molecule has 0 saturated carbocycles. The molecule has 1 aliphatic heterocycles. The first kappa shape index (κ1) is 24.4. The van der Waals surface area contributed by atoms with Crippen LogP contribution in [0, 0.1) is 19.7 Å². The molecular weight excluding hydrogens is 499 g/mol. The maximum absolute atomic E-state index is 15.0. The minimum absolute atomic E-state index is 0.0158. The molecule has 11 heteroatoms. The molecule has 0 unspecified atom stereocenters. The van der Waals surface area contributed by atoms with Crippen molar-refractivity contribution < 1.29 is 14.0 Å². The molecule has 3 aromatic heterocycles.